The molecule has 0 amide bonds. The molecule has 0 aromatic carbocycles. The Morgan fingerprint density at radius 3 is 2.38 bits per heavy atom. The van der Waals surface area contributed by atoms with Gasteiger partial charge in [0.05, 0.1) is 12.7 Å². The molecule has 0 aromatic rings. The zero-order valence-electron chi connectivity index (χ0n) is 9.50. The van der Waals surface area contributed by atoms with Gasteiger partial charge in [0, 0.05) is 19.2 Å². The molecular formula is C10H23NO2. The topological polar surface area (TPSA) is 32.7 Å². The predicted molar refractivity (Wildman–Crippen MR) is 54.9 cm³/mol. The van der Waals surface area contributed by atoms with Crippen LogP contribution in [0.2, 0.25) is 0 Å². The fourth-order valence-electron chi connectivity index (χ4n) is 1.08. The van der Waals surface area contributed by atoms with Crippen LogP contribution in [0.4, 0.5) is 0 Å². The number of hydrogen-bond acceptors (Lipinski definition) is 3. The lowest BCUT2D eigenvalue weighted by Crippen LogP contribution is -2.45. The molecule has 3 nitrogen and oxygen atoms in total. The van der Waals surface area contributed by atoms with Crippen molar-refractivity contribution in [1.82, 2.24) is 4.90 Å². The largest absolute Gasteiger partial charge is 0.389 e. The number of methoxy groups -OCH3 is 1. The van der Waals surface area contributed by atoms with E-state index in [0.717, 1.165) is 6.42 Å². The molecule has 0 saturated carbocycles. The van der Waals surface area contributed by atoms with Crippen LogP contribution in [-0.4, -0.2) is 49.0 Å². The minimum Gasteiger partial charge on any atom is -0.389 e. The highest BCUT2D eigenvalue weighted by molar-refractivity contribution is 4.78. The quantitative estimate of drug-likeness (QED) is 0.679. The van der Waals surface area contributed by atoms with Gasteiger partial charge < -0.3 is 9.84 Å². The van der Waals surface area contributed by atoms with Crippen molar-refractivity contribution in [2.45, 2.75) is 38.8 Å². The molecule has 3 heteroatoms. The maximum Gasteiger partial charge on any atom is 0.0900 e. The van der Waals surface area contributed by atoms with E-state index in [9.17, 15) is 5.11 Å². The van der Waals surface area contributed by atoms with Gasteiger partial charge in [-0.2, -0.15) is 0 Å². The first-order chi connectivity index (χ1) is 5.94. The summed E-state index contributed by atoms with van der Waals surface area (Å²) in [6.07, 6.45) is 0.684. The molecule has 0 aliphatic heterocycles. The molecule has 0 rings (SSSR count). The first kappa shape index (κ1) is 12.9. The van der Waals surface area contributed by atoms with Crippen molar-refractivity contribution < 1.29 is 9.84 Å². The first-order valence-electron chi connectivity index (χ1n) is 4.82. The Bertz CT molecular complexity index is 137. The molecule has 1 atom stereocenters. The van der Waals surface area contributed by atoms with Crippen molar-refractivity contribution in [3.8, 4) is 0 Å². The minimum atomic E-state index is -0.388. The summed E-state index contributed by atoms with van der Waals surface area (Å²) in [5, 5.41) is 9.51. The second kappa shape index (κ2) is 5.58. The summed E-state index contributed by atoms with van der Waals surface area (Å²) in [6.45, 7) is 7.57. The molecule has 0 radical (unpaired) electrons. The van der Waals surface area contributed by atoms with Crippen LogP contribution < -0.4 is 0 Å². The highest BCUT2D eigenvalue weighted by Gasteiger charge is 2.22. The van der Waals surface area contributed by atoms with Gasteiger partial charge in [-0.05, 0) is 27.3 Å². The number of rotatable bonds is 6. The second-order valence-electron chi connectivity index (χ2n) is 4.16. The SMILES string of the molecule is CCC(C)(C)N(C)CC(O)COC. The van der Waals surface area contributed by atoms with Crippen molar-refractivity contribution in [3.63, 3.8) is 0 Å². The summed E-state index contributed by atoms with van der Waals surface area (Å²) in [6, 6.07) is 0. The van der Waals surface area contributed by atoms with Gasteiger partial charge >= 0.3 is 0 Å². The third-order valence-electron chi connectivity index (χ3n) is 2.74. The van der Waals surface area contributed by atoms with Crippen LogP contribution in [0.1, 0.15) is 27.2 Å². The summed E-state index contributed by atoms with van der Waals surface area (Å²) >= 11 is 0. The van der Waals surface area contributed by atoms with Crippen molar-refractivity contribution in [3.05, 3.63) is 0 Å². The number of hydrogen-bond donors (Lipinski definition) is 1. The summed E-state index contributed by atoms with van der Waals surface area (Å²) in [5.41, 5.74) is 0.148. The fraction of sp³-hybridized carbons (Fsp3) is 1.00. The zero-order valence-corrected chi connectivity index (χ0v) is 9.50. The molecule has 0 aliphatic rings. The van der Waals surface area contributed by atoms with Gasteiger partial charge in [-0.25, -0.2) is 0 Å². The predicted octanol–water partition coefficient (Wildman–Crippen LogP) is 1.11. The van der Waals surface area contributed by atoms with E-state index in [4.69, 9.17) is 4.74 Å². The summed E-state index contributed by atoms with van der Waals surface area (Å²) < 4.78 is 4.87. The molecule has 0 aliphatic carbocycles. The van der Waals surface area contributed by atoms with E-state index >= 15 is 0 Å². The van der Waals surface area contributed by atoms with Crippen molar-refractivity contribution in [1.29, 1.82) is 0 Å². The van der Waals surface area contributed by atoms with E-state index in [-0.39, 0.29) is 11.6 Å². The Labute approximate surface area is 81.7 Å². The third kappa shape index (κ3) is 4.60. The normalized spacial score (nSPS) is 15.0. The number of nitrogens with zero attached hydrogens (tertiary/aromatic N) is 1. The molecule has 13 heavy (non-hydrogen) atoms. The van der Waals surface area contributed by atoms with Crippen molar-refractivity contribution in [2.75, 3.05) is 27.3 Å². The van der Waals surface area contributed by atoms with E-state index in [2.05, 4.69) is 25.7 Å². The third-order valence-corrected chi connectivity index (χ3v) is 2.74. The molecule has 0 bridgehead atoms. The molecule has 0 aromatic heterocycles. The van der Waals surface area contributed by atoms with Crippen LogP contribution in [0.5, 0.6) is 0 Å². The van der Waals surface area contributed by atoms with E-state index in [1.54, 1.807) is 7.11 Å². The zero-order chi connectivity index (χ0) is 10.5. The van der Waals surface area contributed by atoms with Crippen molar-refractivity contribution >= 4 is 0 Å². The molecule has 0 saturated heterocycles. The summed E-state index contributed by atoms with van der Waals surface area (Å²) in [5.74, 6) is 0. The van der Waals surface area contributed by atoms with Gasteiger partial charge in [0.1, 0.15) is 0 Å². The maximum absolute atomic E-state index is 9.51. The standard InChI is InChI=1S/C10H23NO2/c1-6-10(2,3)11(4)7-9(12)8-13-5/h9,12H,6-8H2,1-5H3. The Kier molecular flexibility index (Phi) is 5.53. The second-order valence-corrected chi connectivity index (χ2v) is 4.16. The summed E-state index contributed by atoms with van der Waals surface area (Å²) in [4.78, 5) is 2.16. The molecule has 80 valence electrons. The number of β-amino-alcohol motifs (C(OH)–C–C–N with tert-alkyl or cyclic N) is 1. The van der Waals surface area contributed by atoms with Gasteiger partial charge in [0.25, 0.3) is 0 Å². The molecular weight excluding hydrogens is 166 g/mol. The van der Waals surface area contributed by atoms with E-state index in [1.165, 1.54) is 0 Å². The lowest BCUT2D eigenvalue weighted by atomic mass is 10.00. The van der Waals surface area contributed by atoms with Gasteiger partial charge in [0.2, 0.25) is 0 Å². The Morgan fingerprint density at radius 2 is 2.00 bits per heavy atom. The Hall–Kier alpha value is -0.120. The van der Waals surface area contributed by atoms with E-state index < -0.39 is 0 Å². The van der Waals surface area contributed by atoms with Crippen molar-refractivity contribution in [2.24, 2.45) is 0 Å². The van der Waals surface area contributed by atoms with Crippen LogP contribution in [0, 0.1) is 0 Å². The number of ether oxygens (including phenoxy) is 1. The van der Waals surface area contributed by atoms with Crippen LogP contribution in [0.25, 0.3) is 0 Å². The van der Waals surface area contributed by atoms with Crippen LogP contribution in [-0.2, 0) is 4.74 Å². The van der Waals surface area contributed by atoms with Crippen LogP contribution in [0.3, 0.4) is 0 Å². The number of likely N-dealkylation sites (N-methyl/N-ethyl adjacent to an activating group) is 1. The lowest BCUT2D eigenvalue weighted by Gasteiger charge is -2.35. The lowest BCUT2D eigenvalue weighted by molar-refractivity contribution is 0.0188. The van der Waals surface area contributed by atoms with Crippen LogP contribution >= 0.6 is 0 Å². The maximum atomic E-state index is 9.51. The molecule has 0 heterocycles. The molecule has 1 unspecified atom stereocenters. The number of aliphatic hydroxyl groups is 1. The van der Waals surface area contributed by atoms with E-state index in [0.29, 0.717) is 13.2 Å². The highest BCUT2D eigenvalue weighted by Crippen LogP contribution is 2.16. The molecule has 1 N–H and O–H groups in total. The van der Waals surface area contributed by atoms with Gasteiger partial charge in [0.15, 0.2) is 0 Å². The first-order valence-corrected chi connectivity index (χ1v) is 4.82. The average Bonchev–Trinajstić information content (AvgIpc) is 2.04. The number of aliphatic hydroxyl groups excluding tert-OH is 1. The van der Waals surface area contributed by atoms with Crippen LogP contribution in [0.15, 0.2) is 0 Å². The van der Waals surface area contributed by atoms with Gasteiger partial charge in [-0.15, -0.1) is 0 Å². The minimum absolute atomic E-state index is 0.148. The smallest absolute Gasteiger partial charge is 0.0900 e. The summed E-state index contributed by atoms with van der Waals surface area (Å²) in [7, 11) is 3.64. The average molecular weight is 189 g/mol. The monoisotopic (exact) mass is 189 g/mol. The highest BCUT2D eigenvalue weighted by atomic mass is 16.5. The van der Waals surface area contributed by atoms with Gasteiger partial charge in [-0.1, -0.05) is 6.92 Å². The van der Waals surface area contributed by atoms with E-state index in [1.807, 2.05) is 7.05 Å². The van der Waals surface area contributed by atoms with Gasteiger partial charge in [-0.3, -0.25) is 4.90 Å². The molecule has 0 spiro atoms. The fourth-order valence-corrected chi connectivity index (χ4v) is 1.08. The Balaban J connectivity index is 3.91. The molecule has 0 fully saturated rings. The Morgan fingerprint density at radius 1 is 1.46 bits per heavy atom.